The molecule has 1 aliphatic carbocycles. The number of hydrogen-bond acceptors (Lipinski definition) is 3. The van der Waals surface area contributed by atoms with E-state index < -0.39 is 5.41 Å². The minimum absolute atomic E-state index is 0.0911. The average Bonchev–Trinajstić information content (AvgIpc) is 3.44. The molecule has 3 fully saturated rings. The van der Waals surface area contributed by atoms with E-state index in [1.54, 1.807) is 4.90 Å². The first-order valence-corrected chi connectivity index (χ1v) is 9.97. The standard InChI is InChI=1S/C21H25N3O3/c1-22-17-5-3-2-4-16(17)21(20(22)27)8-10-23(11-9-21)19(26)14-12-18(25)24(13-14)15-6-7-15/h2-5,14-15H,6-13H2,1H3/t14-/m1/s1. The monoisotopic (exact) mass is 367 g/mol. The summed E-state index contributed by atoms with van der Waals surface area (Å²) in [6.45, 7) is 1.75. The van der Waals surface area contributed by atoms with Gasteiger partial charge in [0.1, 0.15) is 0 Å². The van der Waals surface area contributed by atoms with Gasteiger partial charge in [-0.15, -0.1) is 0 Å². The molecule has 142 valence electrons. The second-order valence-corrected chi connectivity index (χ2v) is 8.47. The smallest absolute Gasteiger partial charge is 0.237 e. The normalized spacial score (nSPS) is 26.9. The van der Waals surface area contributed by atoms with E-state index in [1.165, 1.54) is 0 Å². The highest BCUT2D eigenvalue weighted by Gasteiger charge is 2.52. The molecule has 27 heavy (non-hydrogen) atoms. The number of likely N-dealkylation sites (tertiary alicyclic amines) is 2. The number of carbonyl (C=O) groups is 3. The van der Waals surface area contributed by atoms with E-state index in [0.717, 1.165) is 24.1 Å². The summed E-state index contributed by atoms with van der Waals surface area (Å²) in [6, 6.07) is 8.38. The van der Waals surface area contributed by atoms with Crippen molar-refractivity contribution >= 4 is 23.4 Å². The van der Waals surface area contributed by atoms with Gasteiger partial charge in [-0.2, -0.15) is 0 Å². The molecule has 3 aliphatic heterocycles. The molecule has 1 atom stereocenters. The first-order valence-electron chi connectivity index (χ1n) is 9.97. The number of carbonyl (C=O) groups excluding carboxylic acids is 3. The number of anilines is 1. The fraction of sp³-hybridized carbons (Fsp3) is 0.571. The van der Waals surface area contributed by atoms with E-state index in [2.05, 4.69) is 6.07 Å². The van der Waals surface area contributed by atoms with Crippen molar-refractivity contribution in [1.82, 2.24) is 9.80 Å². The number of piperidine rings is 1. The zero-order chi connectivity index (χ0) is 18.8. The van der Waals surface area contributed by atoms with Gasteiger partial charge in [0.15, 0.2) is 0 Å². The fourth-order valence-electron chi connectivity index (χ4n) is 5.20. The topological polar surface area (TPSA) is 60.9 Å². The third-order valence-corrected chi connectivity index (χ3v) is 6.92. The molecule has 6 nitrogen and oxygen atoms in total. The largest absolute Gasteiger partial charge is 0.342 e. The lowest BCUT2D eigenvalue weighted by Gasteiger charge is -2.39. The van der Waals surface area contributed by atoms with Crippen LogP contribution in [0, 0.1) is 5.92 Å². The number of amides is 3. The summed E-state index contributed by atoms with van der Waals surface area (Å²) in [5, 5.41) is 0. The molecule has 4 aliphatic rings. The molecular formula is C21H25N3O3. The molecule has 0 radical (unpaired) electrons. The van der Waals surface area contributed by atoms with Crippen LogP contribution in [0.15, 0.2) is 24.3 Å². The van der Waals surface area contributed by atoms with Gasteiger partial charge in [-0.25, -0.2) is 0 Å². The van der Waals surface area contributed by atoms with Gasteiger partial charge in [0, 0.05) is 44.8 Å². The number of fused-ring (bicyclic) bond motifs is 2. The Bertz CT molecular complexity index is 824. The van der Waals surface area contributed by atoms with Crippen LogP contribution < -0.4 is 4.90 Å². The number of para-hydroxylation sites is 1. The van der Waals surface area contributed by atoms with Crippen molar-refractivity contribution in [3.8, 4) is 0 Å². The Kier molecular flexibility index (Phi) is 3.61. The van der Waals surface area contributed by atoms with Gasteiger partial charge in [0.25, 0.3) is 0 Å². The molecule has 1 aromatic carbocycles. The zero-order valence-electron chi connectivity index (χ0n) is 15.7. The van der Waals surface area contributed by atoms with Gasteiger partial charge in [-0.3, -0.25) is 14.4 Å². The number of nitrogens with zero attached hydrogens (tertiary/aromatic N) is 3. The first-order chi connectivity index (χ1) is 13.0. The molecule has 6 heteroatoms. The minimum Gasteiger partial charge on any atom is -0.342 e. The van der Waals surface area contributed by atoms with Crippen LogP contribution in [0.25, 0.3) is 0 Å². The van der Waals surface area contributed by atoms with Gasteiger partial charge in [0.2, 0.25) is 17.7 Å². The summed E-state index contributed by atoms with van der Waals surface area (Å²) in [4.78, 5) is 43.7. The minimum atomic E-state index is -0.492. The third-order valence-electron chi connectivity index (χ3n) is 6.92. The number of hydrogen-bond donors (Lipinski definition) is 0. The summed E-state index contributed by atoms with van der Waals surface area (Å²) in [6.07, 6.45) is 3.82. The molecular weight excluding hydrogens is 342 g/mol. The molecule has 1 saturated carbocycles. The van der Waals surface area contributed by atoms with Crippen LogP contribution in [0.1, 0.15) is 37.7 Å². The molecule has 0 bridgehead atoms. The van der Waals surface area contributed by atoms with Gasteiger partial charge in [-0.1, -0.05) is 18.2 Å². The fourth-order valence-corrected chi connectivity index (χ4v) is 5.20. The Hall–Kier alpha value is -2.37. The molecule has 1 spiro atoms. The predicted molar refractivity (Wildman–Crippen MR) is 100 cm³/mol. The zero-order valence-corrected chi connectivity index (χ0v) is 15.7. The van der Waals surface area contributed by atoms with E-state index in [4.69, 9.17) is 0 Å². The number of likely N-dealkylation sites (N-methyl/N-ethyl adjacent to an activating group) is 1. The van der Waals surface area contributed by atoms with E-state index in [-0.39, 0.29) is 23.6 Å². The molecule has 3 amide bonds. The van der Waals surface area contributed by atoms with E-state index in [9.17, 15) is 14.4 Å². The summed E-state index contributed by atoms with van der Waals surface area (Å²) in [5.41, 5.74) is 1.59. The van der Waals surface area contributed by atoms with Crippen molar-refractivity contribution in [2.45, 2.75) is 43.6 Å². The number of rotatable bonds is 2. The first kappa shape index (κ1) is 16.8. The Morgan fingerprint density at radius 1 is 1.11 bits per heavy atom. The van der Waals surface area contributed by atoms with Gasteiger partial charge in [-0.05, 0) is 37.3 Å². The lowest BCUT2D eigenvalue weighted by atomic mass is 9.73. The Morgan fingerprint density at radius 3 is 2.52 bits per heavy atom. The molecule has 1 aromatic rings. The molecule has 0 N–H and O–H groups in total. The SMILES string of the molecule is CN1C(=O)C2(CCN(C(=O)[C@@H]3CC(=O)N(C4CC4)C3)CC2)c2ccccc21. The van der Waals surface area contributed by atoms with E-state index in [0.29, 0.717) is 44.9 Å². The second kappa shape index (κ2) is 5.81. The maximum Gasteiger partial charge on any atom is 0.237 e. The van der Waals surface area contributed by atoms with Crippen molar-refractivity contribution in [3.05, 3.63) is 29.8 Å². The highest BCUT2D eigenvalue weighted by Crippen LogP contribution is 2.47. The third kappa shape index (κ3) is 2.42. The molecule has 3 heterocycles. The van der Waals surface area contributed by atoms with Crippen LogP contribution in [0.3, 0.4) is 0 Å². The second-order valence-electron chi connectivity index (χ2n) is 8.47. The average molecular weight is 367 g/mol. The highest BCUT2D eigenvalue weighted by molar-refractivity contribution is 6.08. The van der Waals surface area contributed by atoms with Crippen molar-refractivity contribution in [2.24, 2.45) is 5.92 Å². The summed E-state index contributed by atoms with van der Waals surface area (Å²) >= 11 is 0. The van der Waals surface area contributed by atoms with Crippen molar-refractivity contribution in [3.63, 3.8) is 0 Å². The van der Waals surface area contributed by atoms with E-state index in [1.807, 2.05) is 35.0 Å². The van der Waals surface area contributed by atoms with Crippen LogP contribution >= 0.6 is 0 Å². The van der Waals surface area contributed by atoms with Gasteiger partial charge >= 0.3 is 0 Å². The predicted octanol–water partition coefficient (Wildman–Crippen LogP) is 1.53. The van der Waals surface area contributed by atoms with Crippen LogP contribution in [0.2, 0.25) is 0 Å². The lowest BCUT2D eigenvalue weighted by molar-refractivity contribution is -0.139. The van der Waals surface area contributed by atoms with Gasteiger partial charge in [0.05, 0.1) is 11.3 Å². The highest BCUT2D eigenvalue weighted by atomic mass is 16.2. The Balaban J connectivity index is 1.30. The number of benzene rings is 1. The maximum atomic E-state index is 13.0. The lowest BCUT2D eigenvalue weighted by Crippen LogP contribution is -2.51. The molecule has 0 unspecified atom stereocenters. The summed E-state index contributed by atoms with van der Waals surface area (Å²) < 4.78 is 0. The summed E-state index contributed by atoms with van der Waals surface area (Å²) in [5.74, 6) is 0.160. The maximum absolute atomic E-state index is 13.0. The van der Waals surface area contributed by atoms with Gasteiger partial charge < -0.3 is 14.7 Å². The Labute approximate surface area is 159 Å². The van der Waals surface area contributed by atoms with Crippen LogP contribution in [-0.2, 0) is 19.8 Å². The summed E-state index contributed by atoms with van der Waals surface area (Å²) in [7, 11) is 1.84. The molecule has 5 rings (SSSR count). The van der Waals surface area contributed by atoms with Crippen molar-refractivity contribution < 1.29 is 14.4 Å². The molecule has 2 saturated heterocycles. The Morgan fingerprint density at radius 2 is 1.81 bits per heavy atom. The van der Waals surface area contributed by atoms with Crippen molar-refractivity contribution in [1.29, 1.82) is 0 Å². The van der Waals surface area contributed by atoms with Crippen LogP contribution in [-0.4, -0.2) is 60.2 Å². The van der Waals surface area contributed by atoms with Crippen molar-refractivity contribution in [2.75, 3.05) is 31.6 Å². The van der Waals surface area contributed by atoms with Crippen LogP contribution in [0.5, 0.6) is 0 Å². The molecule has 0 aromatic heterocycles. The van der Waals surface area contributed by atoms with E-state index >= 15 is 0 Å². The van der Waals surface area contributed by atoms with Crippen LogP contribution in [0.4, 0.5) is 5.69 Å². The quantitative estimate of drug-likeness (QED) is 0.797.